The molecule has 2 fully saturated rings. The minimum atomic E-state index is -0.591. The van der Waals surface area contributed by atoms with Gasteiger partial charge in [0.1, 0.15) is 0 Å². The molecular formula is C26H28ClN3O4S. The van der Waals surface area contributed by atoms with Crippen molar-refractivity contribution < 1.29 is 19.4 Å². The molecule has 1 aliphatic carbocycles. The number of anilines is 1. The minimum Gasteiger partial charge on any atom is -0.493 e. The molecule has 0 radical (unpaired) electrons. The number of benzene rings is 2. The SMILES string of the molecule is COc1ccc(C2(C(=O)Nc3ncc(C(c4ccccc4Cl)N4CC[C@@H](O)C4)s3)CC2)cc1OC. The second-order valence-electron chi connectivity index (χ2n) is 9.04. The maximum atomic E-state index is 13.4. The van der Waals surface area contributed by atoms with Crippen LogP contribution in [0, 0.1) is 0 Å². The molecule has 2 heterocycles. The number of ether oxygens (including phenoxy) is 2. The zero-order valence-electron chi connectivity index (χ0n) is 19.7. The number of hydrogen-bond acceptors (Lipinski definition) is 7. The van der Waals surface area contributed by atoms with Crippen molar-refractivity contribution in [2.75, 3.05) is 32.6 Å². The molecule has 1 aromatic heterocycles. The number of methoxy groups -OCH3 is 2. The molecule has 1 aliphatic heterocycles. The smallest absolute Gasteiger partial charge is 0.236 e. The second kappa shape index (κ2) is 9.78. The number of thiazole rings is 1. The van der Waals surface area contributed by atoms with Crippen LogP contribution in [-0.2, 0) is 10.2 Å². The Kier molecular flexibility index (Phi) is 6.72. The first-order valence-electron chi connectivity index (χ1n) is 11.6. The molecule has 1 unspecified atom stereocenters. The molecule has 5 rings (SSSR count). The number of aromatic nitrogens is 1. The van der Waals surface area contributed by atoms with Gasteiger partial charge in [-0.3, -0.25) is 9.69 Å². The van der Waals surface area contributed by atoms with Gasteiger partial charge in [-0.1, -0.05) is 47.2 Å². The van der Waals surface area contributed by atoms with Crippen LogP contribution in [0.3, 0.4) is 0 Å². The number of hydrogen-bond donors (Lipinski definition) is 2. The van der Waals surface area contributed by atoms with Gasteiger partial charge in [0, 0.05) is 29.2 Å². The summed E-state index contributed by atoms with van der Waals surface area (Å²) in [7, 11) is 3.18. The number of halogens is 1. The normalized spacial score (nSPS) is 19.8. The van der Waals surface area contributed by atoms with Gasteiger partial charge in [-0.05, 0) is 48.6 Å². The van der Waals surface area contributed by atoms with E-state index < -0.39 is 5.41 Å². The highest BCUT2D eigenvalue weighted by molar-refractivity contribution is 7.15. The van der Waals surface area contributed by atoms with Gasteiger partial charge in [0.15, 0.2) is 16.6 Å². The van der Waals surface area contributed by atoms with Crippen molar-refractivity contribution in [2.45, 2.75) is 36.8 Å². The average molecular weight is 514 g/mol. The van der Waals surface area contributed by atoms with Crippen LogP contribution in [0.5, 0.6) is 11.5 Å². The first kappa shape index (κ1) is 24.1. The lowest BCUT2D eigenvalue weighted by molar-refractivity contribution is -0.118. The Hall–Kier alpha value is -2.65. The van der Waals surface area contributed by atoms with Gasteiger partial charge in [-0.15, -0.1) is 0 Å². The molecule has 1 amide bonds. The Morgan fingerprint density at radius 3 is 2.66 bits per heavy atom. The molecule has 1 saturated carbocycles. The van der Waals surface area contributed by atoms with E-state index in [0.717, 1.165) is 41.8 Å². The van der Waals surface area contributed by atoms with Gasteiger partial charge in [0.2, 0.25) is 5.91 Å². The lowest BCUT2D eigenvalue weighted by atomic mass is 9.94. The molecule has 9 heteroatoms. The third kappa shape index (κ3) is 4.63. The van der Waals surface area contributed by atoms with E-state index in [-0.39, 0.29) is 18.1 Å². The molecule has 7 nitrogen and oxygen atoms in total. The molecule has 35 heavy (non-hydrogen) atoms. The van der Waals surface area contributed by atoms with Gasteiger partial charge in [0.25, 0.3) is 0 Å². The highest BCUT2D eigenvalue weighted by atomic mass is 35.5. The van der Waals surface area contributed by atoms with Crippen molar-refractivity contribution in [3.8, 4) is 11.5 Å². The van der Waals surface area contributed by atoms with Crippen LogP contribution in [0.15, 0.2) is 48.7 Å². The maximum Gasteiger partial charge on any atom is 0.236 e. The first-order valence-corrected chi connectivity index (χ1v) is 12.8. The number of amides is 1. The molecule has 2 N–H and O–H groups in total. The molecular weight excluding hydrogens is 486 g/mol. The number of carbonyl (C=O) groups excluding carboxylic acids is 1. The van der Waals surface area contributed by atoms with Gasteiger partial charge in [-0.2, -0.15) is 0 Å². The summed E-state index contributed by atoms with van der Waals surface area (Å²) < 4.78 is 10.8. The number of carbonyl (C=O) groups is 1. The molecule has 2 atom stereocenters. The van der Waals surface area contributed by atoms with Crippen molar-refractivity contribution >= 4 is 34.0 Å². The first-order chi connectivity index (χ1) is 16.9. The molecule has 2 aliphatic rings. The fraction of sp³-hybridized carbons (Fsp3) is 0.385. The fourth-order valence-corrected chi connectivity index (χ4v) is 6.03. The zero-order chi connectivity index (χ0) is 24.6. The van der Waals surface area contributed by atoms with Crippen LogP contribution in [0.1, 0.15) is 41.3 Å². The van der Waals surface area contributed by atoms with Crippen molar-refractivity contribution in [3.05, 3.63) is 69.7 Å². The van der Waals surface area contributed by atoms with E-state index in [1.54, 1.807) is 20.4 Å². The number of aliphatic hydroxyl groups is 1. The lowest BCUT2D eigenvalue weighted by Gasteiger charge is -2.27. The third-order valence-electron chi connectivity index (χ3n) is 6.89. The quantitative estimate of drug-likeness (QED) is 0.456. The Bertz CT molecular complexity index is 1230. The average Bonchev–Trinajstić information content (AvgIpc) is 3.39. The van der Waals surface area contributed by atoms with E-state index in [0.29, 0.717) is 28.2 Å². The number of likely N-dealkylation sites (tertiary alicyclic amines) is 1. The fourth-order valence-electron chi connectivity index (χ4n) is 4.82. The summed E-state index contributed by atoms with van der Waals surface area (Å²) in [5.41, 5.74) is 1.28. The molecule has 0 bridgehead atoms. The van der Waals surface area contributed by atoms with Gasteiger partial charge < -0.3 is 19.9 Å². The number of nitrogens with one attached hydrogen (secondary N) is 1. The summed E-state index contributed by atoms with van der Waals surface area (Å²) in [6, 6.07) is 13.3. The predicted molar refractivity (Wildman–Crippen MR) is 137 cm³/mol. The van der Waals surface area contributed by atoms with Crippen molar-refractivity contribution in [1.82, 2.24) is 9.88 Å². The van der Waals surface area contributed by atoms with Crippen molar-refractivity contribution in [3.63, 3.8) is 0 Å². The van der Waals surface area contributed by atoms with E-state index >= 15 is 0 Å². The van der Waals surface area contributed by atoms with Crippen LogP contribution >= 0.6 is 22.9 Å². The van der Waals surface area contributed by atoms with Crippen LogP contribution in [0.2, 0.25) is 5.02 Å². The van der Waals surface area contributed by atoms with Crippen molar-refractivity contribution in [2.24, 2.45) is 0 Å². The number of rotatable bonds is 8. The van der Waals surface area contributed by atoms with Crippen LogP contribution in [0.25, 0.3) is 0 Å². The number of nitrogens with zero attached hydrogens (tertiary/aromatic N) is 2. The van der Waals surface area contributed by atoms with Gasteiger partial charge in [-0.25, -0.2) is 4.98 Å². The van der Waals surface area contributed by atoms with Crippen LogP contribution in [0.4, 0.5) is 5.13 Å². The largest absolute Gasteiger partial charge is 0.493 e. The highest BCUT2D eigenvalue weighted by Crippen LogP contribution is 2.51. The molecule has 1 saturated heterocycles. The number of aliphatic hydroxyl groups excluding tert-OH is 1. The van der Waals surface area contributed by atoms with Gasteiger partial charge in [0.05, 0.1) is 31.8 Å². The third-order valence-corrected chi connectivity index (χ3v) is 8.20. The van der Waals surface area contributed by atoms with E-state index in [1.165, 1.54) is 11.3 Å². The maximum absolute atomic E-state index is 13.4. The van der Waals surface area contributed by atoms with E-state index in [4.69, 9.17) is 21.1 Å². The summed E-state index contributed by atoms with van der Waals surface area (Å²) in [4.78, 5) is 21.1. The lowest BCUT2D eigenvalue weighted by Crippen LogP contribution is -2.28. The summed E-state index contributed by atoms with van der Waals surface area (Å²) in [6.45, 7) is 1.33. The van der Waals surface area contributed by atoms with Crippen LogP contribution in [-0.4, -0.2) is 54.3 Å². The second-order valence-corrected chi connectivity index (χ2v) is 10.5. The van der Waals surface area contributed by atoms with Gasteiger partial charge >= 0.3 is 0 Å². The molecule has 2 aromatic carbocycles. The summed E-state index contributed by atoms with van der Waals surface area (Å²) in [5, 5.41) is 14.4. The van der Waals surface area contributed by atoms with E-state index in [2.05, 4.69) is 15.2 Å². The van der Waals surface area contributed by atoms with E-state index in [1.807, 2.05) is 42.5 Å². The molecule has 0 spiro atoms. The van der Waals surface area contributed by atoms with Crippen LogP contribution < -0.4 is 14.8 Å². The topological polar surface area (TPSA) is 83.9 Å². The number of β-amino-alcohol motifs (C(OH)–C–C–N with tert-alkyl or cyclic N) is 1. The molecule has 3 aromatic rings. The zero-order valence-corrected chi connectivity index (χ0v) is 21.2. The Morgan fingerprint density at radius 1 is 1.23 bits per heavy atom. The Morgan fingerprint density at radius 2 is 2.00 bits per heavy atom. The molecule has 184 valence electrons. The van der Waals surface area contributed by atoms with Crippen molar-refractivity contribution in [1.29, 1.82) is 0 Å². The summed E-state index contributed by atoms with van der Waals surface area (Å²) in [5.74, 6) is 1.17. The summed E-state index contributed by atoms with van der Waals surface area (Å²) in [6.07, 6.45) is 3.69. The standard InChI is InChI=1S/C26H28ClN3O4S/c1-33-20-8-7-16(13-21(20)34-2)26(10-11-26)24(32)29-25-28-14-22(35-25)23(30-12-9-17(31)15-30)18-5-3-4-6-19(18)27/h3-8,13-14,17,23,31H,9-12,15H2,1-2H3,(H,28,29,32)/t17-,23?/m1/s1. The monoisotopic (exact) mass is 513 g/mol. The summed E-state index contributed by atoms with van der Waals surface area (Å²) >= 11 is 8.01. The minimum absolute atomic E-state index is 0.0727. The highest BCUT2D eigenvalue weighted by Gasteiger charge is 2.52. The van der Waals surface area contributed by atoms with E-state index in [9.17, 15) is 9.90 Å². The Labute approximate surface area is 213 Å². The Balaban J connectivity index is 1.39. The predicted octanol–water partition coefficient (Wildman–Crippen LogP) is 4.64.